The third-order valence-corrected chi connectivity index (χ3v) is 2.99. The van der Waals surface area contributed by atoms with Gasteiger partial charge in [0.2, 0.25) is 0 Å². The molecule has 100 valence electrons. The number of rotatable bonds is 7. The number of hydrogen-bond acceptors (Lipinski definition) is 2. The molecule has 0 aliphatic carbocycles. The molecule has 0 aliphatic rings. The van der Waals surface area contributed by atoms with Gasteiger partial charge in [0.25, 0.3) is 0 Å². The lowest BCUT2D eigenvalue weighted by atomic mass is 10.1. The van der Waals surface area contributed by atoms with Gasteiger partial charge in [0.1, 0.15) is 10.8 Å². The van der Waals surface area contributed by atoms with Gasteiger partial charge in [0.05, 0.1) is 0 Å². The fraction of sp³-hybridized carbons (Fsp3) is 0.500. The summed E-state index contributed by atoms with van der Waals surface area (Å²) in [4.78, 5) is 0.0935. The van der Waals surface area contributed by atoms with Gasteiger partial charge in [-0.05, 0) is 30.5 Å². The quantitative estimate of drug-likeness (QED) is 0.585. The normalized spacial score (nSPS) is 10.7. The summed E-state index contributed by atoms with van der Waals surface area (Å²) in [5, 5.41) is 3.20. The zero-order chi connectivity index (χ0) is 13.5. The SMILES string of the molecule is CC(C)CCCCNc1ccc(C(N)=S)c(F)c1. The van der Waals surface area contributed by atoms with Crippen LogP contribution in [0.2, 0.25) is 0 Å². The van der Waals surface area contributed by atoms with Gasteiger partial charge < -0.3 is 11.1 Å². The van der Waals surface area contributed by atoms with Crippen LogP contribution >= 0.6 is 12.2 Å². The first-order valence-electron chi connectivity index (χ1n) is 6.34. The van der Waals surface area contributed by atoms with E-state index in [2.05, 4.69) is 19.2 Å². The zero-order valence-electron chi connectivity index (χ0n) is 11.0. The number of anilines is 1. The van der Waals surface area contributed by atoms with Crippen molar-refractivity contribution in [3.8, 4) is 0 Å². The van der Waals surface area contributed by atoms with E-state index in [9.17, 15) is 4.39 Å². The maximum absolute atomic E-state index is 13.6. The van der Waals surface area contributed by atoms with Crippen molar-refractivity contribution in [3.05, 3.63) is 29.6 Å². The monoisotopic (exact) mass is 268 g/mol. The van der Waals surface area contributed by atoms with Crippen LogP contribution in [0.25, 0.3) is 0 Å². The largest absolute Gasteiger partial charge is 0.389 e. The second kappa shape index (κ2) is 7.31. The molecule has 0 atom stereocenters. The first-order chi connectivity index (χ1) is 8.50. The van der Waals surface area contributed by atoms with Crippen molar-refractivity contribution in [1.82, 2.24) is 0 Å². The minimum absolute atomic E-state index is 0.0935. The van der Waals surface area contributed by atoms with Crippen molar-refractivity contribution in [2.75, 3.05) is 11.9 Å². The van der Waals surface area contributed by atoms with Gasteiger partial charge in [-0.2, -0.15) is 0 Å². The molecular formula is C14H21FN2S. The van der Waals surface area contributed by atoms with Crippen LogP contribution in [-0.2, 0) is 0 Å². The minimum atomic E-state index is -0.366. The van der Waals surface area contributed by atoms with Crippen molar-refractivity contribution in [2.24, 2.45) is 11.7 Å². The van der Waals surface area contributed by atoms with Crippen LogP contribution in [0.1, 0.15) is 38.7 Å². The van der Waals surface area contributed by atoms with Gasteiger partial charge >= 0.3 is 0 Å². The highest BCUT2D eigenvalue weighted by Gasteiger charge is 2.05. The summed E-state index contributed by atoms with van der Waals surface area (Å²) in [5.41, 5.74) is 6.48. The van der Waals surface area contributed by atoms with E-state index < -0.39 is 0 Å². The molecule has 18 heavy (non-hydrogen) atoms. The first kappa shape index (κ1) is 14.9. The number of nitrogens with one attached hydrogen (secondary N) is 1. The smallest absolute Gasteiger partial charge is 0.135 e. The second-order valence-corrected chi connectivity index (χ2v) is 5.32. The molecule has 2 nitrogen and oxygen atoms in total. The molecule has 0 aromatic heterocycles. The number of thiocarbonyl (C=S) groups is 1. The number of hydrogen-bond donors (Lipinski definition) is 2. The van der Waals surface area contributed by atoms with Crippen LogP contribution < -0.4 is 11.1 Å². The summed E-state index contributed by atoms with van der Waals surface area (Å²) in [5.74, 6) is 0.377. The van der Waals surface area contributed by atoms with Crippen LogP contribution in [-0.4, -0.2) is 11.5 Å². The second-order valence-electron chi connectivity index (χ2n) is 4.88. The molecule has 1 aromatic rings. The summed E-state index contributed by atoms with van der Waals surface area (Å²) in [7, 11) is 0. The molecule has 0 aliphatic heterocycles. The Morgan fingerprint density at radius 2 is 2.11 bits per heavy atom. The molecule has 0 spiro atoms. The molecule has 0 unspecified atom stereocenters. The number of nitrogens with two attached hydrogens (primary N) is 1. The Morgan fingerprint density at radius 1 is 1.39 bits per heavy atom. The predicted octanol–water partition coefficient (Wildman–Crippen LogP) is 3.70. The van der Waals surface area contributed by atoms with Crippen LogP contribution in [0.5, 0.6) is 0 Å². The summed E-state index contributed by atoms with van der Waals surface area (Å²) in [6.45, 7) is 5.30. The van der Waals surface area contributed by atoms with Crippen molar-refractivity contribution >= 4 is 22.9 Å². The molecule has 0 fully saturated rings. The Morgan fingerprint density at radius 3 is 2.67 bits per heavy atom. The summed E-state index contributed by atoms with van der Waals surface area (Å²) < 4.78 is 13.6. The van der Waals surface area contributed by atoms with Crippen molar-refractivity contribution in [3.63, 3.8) is 0 Å². The summed E-state index contributed by atoms with van der Waals surface area (Å²) in [6, 6.07) is 4.87. The molecule has 1 rings (SSSR count). The predicted molar refractivity (Wildman–Crippen MR) is 79.5 cm³/mol. The van der Waals surface area contributed by atoms with Gasteiger partial charge in [0, 0.05) is 17.8 Å². The third kappa shape index (κ3) is 5.00. The Labute approximate surface area is 114 Å². The highest BCUT2D eigenvalue weighted by molar-refractivity contribution is 7.80. The van der Waals surface area contributed by atoms with E-state index in [1.165, 1.54) is 18.9 Å². The third-order valence-electron chi connectivity index (χ3n) is 2.77. The molecule has 0 heterocycles. The Bertz CT molecular complexity index is 405. The summed E-state index contributed by atoms with van der Waals surface area (Å²) >= 11 is 4.76. The maximum atomic E-state index is 13.6. The molecule has 4 heteroatoms. The van der Waals surface area contributed by atoms with Gasteiger partial charge in [-0.3, -0.25) is 0 Å². The molecule has 1 aromatic carbocycles. The highest BCUT2D eigenvalue weighted by Crippen LogP contribution is 2.15. The van der Waals surface area contributed by atoms with E-state index in [1.807, 2.05) is 0 Å². The molecule has 3 N–H and O–H groups in total. The molecule has 0 saturated heterocycles. The van der Waals surface area contributed by atoms with Crippen LogP contribution in [0.15, 0.2) is 18.2 Å². The summed E-state index contributed by atoms with van der Waals surface area (Å²) in [6.07, 6.45) is 3.52. The van der Waals surface area contributed by atoms with E-state index in [0.717, 1.165) is 24.6 Å². The van der Waals surface area contributed by atoms with Crippen molar-refractivity contribution < 1.29 is 4.39 Å². The minimum Gasteiger partial charge on any atom is -0.389 e. The lowest BCUT2D eigenvalue weighted by Gasteiger charge is -2.09. The lowest BCUT2D eigenvalue weighted by molar-refractivity contribution is 0.544. The first-order valence-corrected chi connectivity index (χ1v) is 6.74. The highest BCUT2D eigenvalue weighted by atomic mass is 32.1. The standard InChI is InChI=1S/C14H21FN2S/c1-10(2)5-3-4-8-17-11-6-7-12(14(16)18)13(15)9-11/h6-7,9-10,17H,3-5,8H2,1-2H3,(H2,16,18). The van der Waals surface area contributed by atoms with Crippen molar-refractivity contribution in [1.29, 1.82) is 0 Å². The van der Waals surface area contributed by atoms with Gasteiger partial charge in [-0.25, -0.2) is 4.39 Å². The van der Waals surface area contributed by atoms with Crippen LogP contribution in [0.4, 0.5) is 10.1 Å². The fourth-order valence-electron chi connectivity index (χ4n) is 1.74. The van der Waals surface area contributed by atoms with Crippen molar-refractivity contribution in [2.45, 2.75) is 33.1 Å². The van der Waals surface area contributed by atoms with Gasteiger partial charge in [-0.1, -0.05) is 38.9 Å². The van der Waals surface area contributed by atoms with E-state index in [0.29, 0.717) is 5.56 Å². The molecule has 0 radical (unpaired) electrons. The molecule has 0 saturated carbocycles. The van der Waals surface area contributed by atoms with E-state index in [1.54, 1.807) is 12.1 Å². The lowest BCUT2D eigenvalue weighted by Crippen LogP contribution is -2.12. The van der Waals surface area contributed by atoms with Gasteiger partial charge in [-0.15, -0.1) is 0 Å². The van der Waals surface area contributed by atoms with Crippen LogP contribution in [0.3, 0.4) is 0 Å². The fourth-order valence-corrected chi connectivity index (χ4v) is 1.90. The average Bonchev–Trinajstić information content (AvgIpc) is 2.27. The number of benzene rings is 1. The van der Waals surface area contributed by atoms with E-state index >= 15 is 0 Å². The number of halogens is 1. The topological polar surface area (TPSA) is 38.0 Å². The van der Waals surface area contributed by atoms with E-state index in [4.69, 9.17) is 18.0 Å². The average molecular weight is 268 g/mol. The Hall–Kier alpha value is -1.16. The maximum Gasteiger partial charge on any atom is 0.135 e. The van der Waals surface area contributed by atoms with E-state index in [-0.39, 0.29) is 10.8 Å². The van der Waals surface area contributed by atoms with Gasteiger partial charge in [0.15, 0.2) is 0 Å². The van der Waals surface area contributed by atoms with Crippen LogP contribution in [0, 0.1) is 11.7 Å². The zero-order valence-corrected chi connectivity index (χ0v) is 11.8. The Balaban J connectivity index is 2.39. The molecular weight excluding hydrogens is 247 g/mol. The molecule has 0 bridgehead atoms. The Kier molecular flexibility index (Phi) is 6.05. The molecule has 0 amide bonds. The number of unbranched alkanes of at least 4 members (excludes halogenated alkanes) is 1.